The Hall–Kier alpha value is -1.36. The van der Waals surface area contributed by atoms with Gasteiger partial charge in [-0.2, -0.15) is 0 Å². The van der Waals surface area contributed by atoms with Crippen LogP contribution in [0.5, 0.6) is 0 Å². The van der Waals surface area contributed by atoms with E-state index in [1.807, 2.05) is 38.6 Å². The molecule has 0 aliphatic rings. The van der Waals surface area contributed by atoms with Crippen LogP contribution in [0.25, 0.3) is 0 Å². The highest BCUT2D eigenvalue weighted by molar-refractivity contribution is 5.76. The number of nitrogens with one attached hydrogen (secondary N) is 1. The third kappa shape index (κ3) is 4.56. The number of hydrogen-bond donors (Lipinski definition) is 1. The molecule has 1 aromatic rings. The molecule has 0 aliphatic carbocycles. The lowest BCUT2D eigenvalue weighted by atomic mass is 10.0. The molecule has 0 saturated carbocycles. The van der Waals surface area contributed by atoms with Gasteiger partial charge in [0.05, 0.1) is 19.1 Å². The Bertz CT molecular complexity index is 379. The first-order valence-corrected chi connectivity index (χ1v) is 5.64. The topological polar surface area (TPSA) is 56.2 Å². The summed E-state index contributed by atoms with van der Waals surface area (Å²) in [6.45, 7) is 6.05. The molecule has 0 fully saturated rings. The van der Waals surface area contributed by atoms with Crippen LogP contribution >= 0.6 is 0 Å². The summed E-state index contributed by atoms with van der Waals surface area (Å²) in [6.07, 6.45) is 4.16. The molecule has 5 heteroatoms. The van der Waals surface area contributed by atoms with Crippen molar-refractivity contribution in [3.8, 4) is 0 Å². The van der Waals surface area contributed by atoms with Gasteiger partial charge in [0.2, 0.25) is 0 Å². The van der Waals surface area contributed by atoms with Gasteiger partial charge in [0.1, 0.15) is 6.04 Å². The molecule has 96 valence electrons. The predicted molar refractivity (Wildman–Crippen MR) is 65.6 cm³/mol. The molecule has 1 heterocycles. The van der Waals surface area contributed by atoms with E-state index in [-0.39, 0.29) is 17.6 Å². The van der Waals surface area contributed by atoms with E-state index in [4.69, 9.17) is 4.74 Å². The predicted octanol–water partition coefficient (Wildman–Crippen LogP) is 0.892. The summed E-state index contributed by atoms with van der Waals surface area (Å²) in [5.41, 5.74) is 0.729. The summed E-state index contributed by atoms with van der Waals surface area (Å²) >= 11 is 0. The first-order chi connectivity index (χ1) is 7.81. The number of ether oxygens (including phenoxy) is 1. The van der Waals surface area contributed by atoms with Gasteiger partial charge in [-0.25, -0.2) is 4.98 Å². The van der Waals surface area contributed by atoms with Crippen LogP contribution in [0.1, 0.15) is 26.5 Å². The Labute approximate surface area is 102 Å². The minimum Gasteiger partial charge on any atom is -0.468 e. The molecule has 0 aromatic carbocycles. The maximum Gasteiger partial charge on any atom is 0.323 e. The second kappa shape index (κ2) is 5.31. The molecule has 0 amide bonds. The molecular formula is C12H21N3O2. The Balaban J connectivity index is 2.73. The first-order valence-electron chi connectivity index (χ1n) is 5.64. The molecule has 1 rings (SSSR count). The van der Waals surface area contributed by atoms with Crippen molar-refractivity contribution in [1.29, 1.82) is 0 Å². The van der Waals surface area contributed by atoms with Gasteiger partial charge < -0.3 is 9.30 Å². The normalized spacial score (nSPS) is 13.5. The number of aryl methyl sites for hydroxylation is 1. The maximum atomic E-state index is 11.7. The van der Waals surface area contributed by atoms with E-state index < -0.39 is 0 Å². The minimum absolute atomic E-state index is 0.145. The standard InChI is InChI=1S/C12H21N3O2/c1-12(2,3)14-10(11(16)17-5)6-9-7-15(4)8-13-9/h7-8,10,14H,6H2,1-5H3. The number of aromatic nitrogens is 2. The summed E-state index contributed by atoms with van der Waals surface area (Å²) in [5, 5.41) is 3.24. The summed E-state index contributed by atoms with van der Waals surface area (Å²) in [7, 11) is 3.30. The monoisotopic (exact) mass is 239 g/mol. The number of rotatable bonds is 4. The molecule has 0 radical (unpaired) electrons. The van der Waals surface area contributed by atoms with Crippen LogP contribution in [0, 0.1) is 0 Å². The fourth-order valence-electron chi connectivity index (χ4n) is 1.64. The SMILES string of the molecule is COC(=O)C(Cc1cn(C)cn1)NC(C)(C)C. The van der Waals surface area contributed by atoms with Crippen LogP contribution in [0.2, 0.25) is 0 Å². The number of carbonyl (C=O) groups excluding carboxylic acids is 1. The van der Waals surface area contributed by atoms with Gasteiger partial charge in [-0.05, 0) is 20.8 Å². The van der Waals surface area contributed by atoms with Crippen molar-refractivity contribution in [1.82, 2.24) is 14.9 Å². The van der Waals surface area contributed by atoms with Crippen LogP contribution in [0.4, 0.5) is 0 Å². The second-order valence-corrected chi connectivity index (χ2v) is 5.20. The van der Waals surface area contributed by atoms with Gasteiger partial charge in [0.15, 0.2) is 0 Å². The molecule has 17 heavy (non-hydrogen) atoms. The third-order valence-electron chi connectivity index (χ3n) is 2.26. The number of esters is 1. The highest BCUT2D eigenvalue weighted by Crippen LogP contribution is 2.07. The molecule has 5 nitrogen and oxygen atoms in total. The highest BCUT2D eigenvalue weighted by Gasteiger charge is 2.25. The molecule has 0 bridgehead atoms. The molecule has 1 unspecified atom stereocenters. The molecule has 0 saturated heterocycles. The lowest BCUT2D eigenvalue weighted by Gasteiger charge is -2.26. The molecule has 0 spiro atoms. The average Bonchev–Trinajstić information content (AvgIpc) is 2.60. The van der Waals surface area contributed by atoms with E-state index in [0.29, 0.717) is 6.42 Å². The van der Waals surface area contributed by atoms with Crippen molar-refractivity contribution in [3.63, 3.8) is 0 Å². The quantitative estimate of drug-likeness (QED) is 0.793. The minimum atomic E-state index is -0.366. The summed E-state index contributed by atoms with van der Waals surface area (Å²) in [6, 6.07) is -0.366. The zero-order chi connectivity index (χ0) is 13.1. The van der Waals surface area contributed by atoms with E-state index in [0.717, 1.165) is 5.69 Å². The summed E-state index contributed by atoms with van der Waals surface area (Å²) in [4.78, 5) is 15.9. The van der Waals surface area contributed by atoms with Crippen molar-refractivity contribution < 1.29 is 9.53 Å². The van der Waals surface area contributed by atoms with Crippen molar-refractivity contribution in [2.75, 3.05) is 7.11 Å². The van der Waals surface area contributed by atoms with Gasteiger partial charge in [-0.15, -0.1) is 0 Å². The van der Waals surface area contributed by atoms with E-state index in [9.17, 15) is 4.79 Å². The van der Waals surface area contributed by atoms with E-state index >= 15 is 0 Å². The number of imidazole rings is 1. The van der Waals surface area contributed by atoms with Crippen LogP contribution in [-0.2, 0) is 23.0 Å². The molecular weight excluding hydrogens is 218 g/mol. The van der Waals surface area contributed by atoms with Gasteiger partial charge in [-0.1, -0.05) is 0 Å². The number of methoxy groups -OCH3 is 1. The van der Waals surface area contributed by atoms with Gasteiger partial charge in [0.25, 0.3) is 0 Å². The fraction of sp³-hybridized carbons (Fsp3) is 0.667. The largest absolute Gasteiger partial charge is 0.468 e. The average molecular weight is 239 g/mol. The Morgan fingerprint density at radius 1 is 1.59 bits per heavy atom. The fourth-order valence-corrected chi connectivity index (χ4v) is 1.64. The van der Waals surface area contributed by atoms with Gasteiger partial charge in [0, 0.05) is 25.2 Å². The lowest BCUT2D eigenvalue weighted by molar-refractivity contribution is -0.143. The Morgan fingerprint density at radius 3 is 2.65 bits per heavy atom. The molecule has 0 aliphatic heterocycles. The van der Waals surface area contributed by atoms with Crippen LogP contribution < -0.4 is 5.32 Å². The maximum absolute atomic E-state index is 11.7. The van der Waals surface area contributed by atoms with Crippen molar-refractivity contribution >= 4 is 5.97 Å². The smallest absolute Gasteiger partial charge is 0.323 e. The van der Waals surface area contributed by atoms with E-state index in [1.165, 1.54) is 7.11 Å². The lowest BCUT2D eigenvalue weighted by Crippen LogP contribution is -2.49. The van der Waals surface area contributed by atoms with Gasteiger partial charge in [-0.3, -0.25) is 10.1 Å². The second-order valence-electron chi connectivity index (χ2n) is 5.20. The first kappa shape index (κ1) is 13.7. The zero-order valence-electron chi connectivity index (χ0n) is 11.2. The summed E-state index contributed by atoms with van der Waals surface area (Å²) < 4.78 is 6.66. The van der Waals surface area contributed by atoms with Crippen molar-refractivity contribution in [2.24, 2.45) is 7.05 Å². The molecule has 1 atom stereocenters. The molecule has 1 N–H and O–H groups in total. The van der Waals surface area contributed by atoms with Crippen molar-refractivity contribution in [3.05, 3.63) is 18.2 Å². The number of hydrogen-bond acceptors (Lipinski definition) is 4. The van der Waals surface area contributed by atoms with Crippen LogP contribution in [-0.4, -0.2) is 34.2 Å². The van der Waals surface area contributed by atoms with Crippen molar-refractivity contribution in [2.45, 2.75) is 38.8 Å². The van der Waals surface area contributed by atoms with E-state index in [2.05, 4.69) is 10.3 Å². The summed E-state index contributed by atoms with van der Waals surface area (Å²) in [5.74, 6) is -0.259. The third-order valence-corrected chi connectivity index (χ3v) is 2.26. The zero-order valence-corrected chi connectivity index (χ0v) is 11.2. The Morgan fingerprint density at radius 2 is 2.24 bits per heavy atom. The number of carbonyl (C=O) groups is 1. The number of nitrogens with zero attached hydrogens (tertiary/aromatic N) is 2. The van der Waals surface area contributed by atoms with E-state index in [1.54, 1.807) is 6.33 Å². The van der Waals surface area contributed by atoms with Gasteiger partial charge >= 0.3 is 5.97 Å². The van der Waals surface area contributed by atoms with Crippen LogP contribution in [0.3, 0.4) is 0 Å². The Kier molecular flexibility index (Phi) is 4.28. The highest BCUT2D eigenvalue weighted by atomic mass is 16.5. The molecule has 1 aromatic heterocycles. The van der Waals surface area contributed by atoms with Crippen LogP contribution in [0.15, 0.2) is 12.5 Å².